The molecule has 29 heavy (non-hydrogen) atoms. The number of amides is 1. The van der Waals surface area contributed by atoms with Crippen molar-refractivity contribution in [2.45, 2.75) is 33.2 Å². The predicted octanol–water partition coefficient (Wildman–Crippen LogP) is 3.63. The molecule has 0 aliphatic heterocycles. The maximum atomic E-state index is 12.7. The van der Waals surface area contributed by atoms with E-state index in [2.05, 4.69) is 68.7 Å². The highest BCUT2D eigenvalue weighted by molar-refractivity contribution is 5.93. The van der Waals surface area contributed by atoms with E-state index in [1.54, 1.807) is 7.11 Å². The monoisotopic (exact) mass is 391 g/mol. The van der Waals surface area contributed by atoms with Gasteiger partial charge in [0.1, 0.15) is 12.3 Å². The summed E-state index contributed by atoms with van der Waals surface area (Å²) in [7, 11) is 3.74. The number of hydrogen-bond donors (Lipinski definition) is 2. The third-order valence-corrected chi connectivity index (χ3v) is 5.34. The summed E-state index contributed by atoms with van der Waals surface area (Å²) in [6.07, 6.45) is 1.82. The van der Waals surface area contributed by atoms with Crippen molar-refractivity contribution in [3.05, 3.63) is 71.3 Å². The fourth-order valence-corrected chi connectivity index (χ4v) is 3.78. The number of carbonyl (C=O) groups is 1. The number of rotatable bonds is 8. The zero-order chi connectivity index (χ0) is 20.8. The Morgan fingerprint density at radius 1 is 0.966 bits per heavy atom. The first-order valence-corrected chi connectivity index (χ1v) is 10.3. The smallest absolute Gasteiger partial charge is 0.279 e. The number of anilines is 1. The van der Waals surface area contributed by atoms with Gasteiger partial charge >= 0.3 is 0 Å². The lowest BCUT2D eigenvalue weighted by Crippen LogP contribution is -3.08. The molecule has 3 rings (SSSR count). The standard InChI is InChI=1S/C25H30N2O2/c1-5-19-8-7-9-20(6-2)25(19)26-24(28)17-27(3)16-18-10-11-22-15-23(29-4)13-12-21(22)14-18/h7-15H,5-6,16-17H2,1-4H3,(H,26,28)/p+1. The quantitative estimate of drug-likeness (QED) is 0.616. The Hall–Kier alpha value is -2.85. The van der Waals surface area contributed by atoms with Gasteiger partial charge in [0.2, 0.25) is 0 Å². The van der Waals surface area contributed by atoms with Gasteiger partial charge in [0, 0.05) is 11.3 Å². The van der Waals surface area contributed by atoms with E-state index >= 15 is 0 Å². The lowest BCUT2D eigenvalue weighted by Gasteiger charge is -2.17. The summed E-state index contributed by atoms with van der Waals surface area (Å²) < 4.78 is 5.29. The predicted molar refractivity (Wildman–Crippen MR) is 120 cm³/mol. The highest BCUT2D eigenvalue weighted by atomic mass is 16.5. The number of ether oxygens (including phenoxy) is 1. The third-order valence-electron chi connectivity index (χ3n) is 5.34. The lowest BCUT2D eigenvalue weighted by molar-refractivity contribution is -0.885. The van der Waals surface area contributed by atoms with Gasteiger partial charge in [-0.25, -0.2) is 0 Å². The maximum Gasteiger partial charge on any atom is 0.279 e. The molecule has 0 saturated heterocycles. The van der Waals surface area contributed by atoms with E-state index in [0.717, 1.165) is 41.1 Å². The number of benzene rings is 3. The molecule has 1 atom stereocenters. The van der Waals surface area contributed by atoms with Gasteiger partial charge in [0.15, 0.2) is 6.54 Å². The topological polar surface area (TPSA) is 42.8 Å². The molecule has 0 saturated carbocycles. The highest BCUT2D eigenvalue weighted by Crippen LogP contribution is 2.23. The van der Waals surface area contributed by atoms with Crippen LogP contribution in [0.1, 0.15) is 30.5 Å². The zero-order valence-electron chi connectivity index (χ0n) is 17.8. The van der Waals surface area contributed by atoms with Gasteiger partial charge < -0.3 is 15.0 Å². The molecule has 0 fully saturated rings. The van der Waals surface area contributed by atoms with Crippen molar-refractivity contribution in [1.82, 2.24) is 0 Å². The molecular formula is C25H31N2O2+. The molecule has 0 spiro atoms. The van der Waals surface area contributed by atoms with E-state index in [1.807, 2.05) is 12.1 Å². The van der Waals surface area contributed by atoms with Gasteiger partial charge in [0.25, 0.3) is 5.91 Å². The molecule has 2 N–H and O–H groups in total. The molecule has 152 valence electrons. The average Bonchev–Trinajstić information content (AvgIpc) is 2.73. The Balaban J connectivity index is 1.65. The SMILES string of the molecule is CCc1cccc(CC)c1NC(=O)C[NH+](C)Cc1ccc2cc(OC)ccc2c1. The number of quaternary nitrogens is 1. The Kier molecular flexibility index (Phi) is 6.89. The Morgan fingerprint density at radius 3 is 2.28 bits per heavy atom. The number of fused-ring (bicyclic) bond motifs is 1. The molecule has 0 bridgehead atoms. The van der Waals surface area contributed by atoms with Crippen LogP contribution in [0.2, 0.25) is 0 Å². The summed E-state index contributed by atoms with van der Waals surface area (Å²) in [6, 6.07) is 18.8. The third kappa shape index (κ3) is 5.15. The number of methoxy groups -OCH3 is 1. The lowest BCUT2D eigenvalue weighted by atomic mass is 10.0. The zero-order valence-corrected chi connectivity index (χ0v) is 17.8. The summed E-state index contributed by atoms with van der Waals surface area (Å²) in [5.41, 5.74) is 4.60. The van der Waals surface area contributed by atoms with Crippen LogP contribution in [0.15, 0.2) is 54.6 Å². The molecule has 0 aliphatic rings. The van der Waals surface area contributed by atoms with Gasteiger partial charge in [-0.05, 0) is 52.9 Å². The van der Waals surface area contributed by atoms with Crippen LogP contribution in [-0.2, 0) is 24.2 Å². The summed E-state index contributed by atoms with van der Waals surface area (Å²) in [4.78, 5) is 13.8. The molecule has 0 aliphatic carbocycles. The summed E-state index contributed by atoms with van der Waals surface area (Å²) in [6.45, 7) is 5.47. The Morgan fingerprint density at radius 2 is 1.62 bits per heavy atom. The minimum Gasteiger partial charge on any atom is -0.497 e. The average molecular weight is 392 g/mol. The van der Waals surface area contributed by atoms with Crippen molar-refractivity contribution in [3.8, 4) is 5.75 Å². The van der Waals surface area contributed by atoms with Crippen molar-refractivity contribution in [3.63, 3.8) is 0 Å². The molecule has 0 heterocycles. The van der Waals surface area contributed by atoms with Crippen molar-refractivity contribution < 1.29 is 14.4 Å². The summed E-state index contributed by atoms with van der Waals surface area (Å²) in [5, 5.41) is 5.51. The van der Waals surface area contributed by atoms with Crippen LogP contribution >= 0.6 is 0 Å². The van der Waals surface area contributed by atoms with E-state index in [4.69, 9.17) is 4.74 Å². The first-order chi connectivity index (χ1) is 14.0. The second-order valence-electron chi connectivity index (χ2n) is 7.56. The number of nitrogens with one attached hydrogen (secondary N) is 2. The summed E-state index contributed by atoms with van der Waals surface area (Å²) >= 11 is 0. The number of para-hydroxylation sites is 1. The van der Waals surface area contributed by atoms with Crippen molar-refractivity contribution in [2.75, 3.05) is 26.0 Å². The highest BCUT2D eigenvalue weighted by Gasteiger charge is 2.14. The first kappa shape index (κ1) is 20.9. The number of aryl methyl sites for hydroxylation is 2. The molecule has 4 heteroatoms. The van der Waals surface area contributed by atoms with E-state index in [1.165, 1.54) is 22.1 Å². The number of hydrogen-bond acceptors (Lipinski definition) is 2. The van der Waals surface area contributed by atoms with Gasteiger partial charge in [-0.15, -0.1) is 0 Å². The van der Waals surface area contributed by atoms with Crippen LogP contribution in [0.25, 0.3) is 10.8 Å². The normalized spacial score (nSPS) is 12.0. The second-order valence-corrected chi connectivity index (χ2v) is 7.56. The van der Waals surface area contributed by atoms with Crippen LogP contribution in [0.3, 0.4) is 0 Å². The van der Waals surface area contributed by atoms with Crippen LogP contribution in [0, 0.1) is 0 Å². The van der Waals surface area contributed by atoms with Crippen molar-refractivity contribution >= 4 is 22.4 Å². The van der Waals surface area contributed by atoms with Gasteiger partial charge in [0.05, 0.1) is 14.2 Å². The van der Waals surface area contributed by atoms with E-state index in [0.29, 0.717) is 6.54 Å². The van der Waals surface area contributed by atoms with Crippen LogP contribution in [0.4, 0.5) is 5.69 Å². The molecule has 1 amide bonds. The van der Waals surface area contributed by atoms with Crippen LogP contribution in [-0.4, -0.2) is 26.6 Å². The number of carbonyl (C=O) groups excluding carboxylic acids is 1. The molecule has 3 aromatic rings. The first-order valence-electron chi connectivity index (χ1n) is 10.3. The summed E-state index contributed by atoms with van der Waals surface area (Å²) in [5.74, 6) is 0.923. The van der Waals surface area contributed by atoms with Crippen molar-refractivity contribution in [1.29, 1.82) is 0 Å². The molecule has 1 unspecified atom stereocenters. The van der Waals surface area contributed by atoms with Crippen LogP contribution in [0.5, 0.6) is 5.75 Å². The second kappa shape index (κ2) is 9.57. The van der Waals surface area contributed by atoms with E-state index < -0.39 is 0 Å². The largest absolute Gasteiger partial charge is 0.497 e. The van der Waals surface area contributed by atoms with E-state index in [-0.39, 0.29) is 5.91 Å². The maximum absolute atomic E-state index is 12.7. The van der Waals surface area contributed by atoms with Crippen molar-refractivity contribution in [2.24, 2.45) is 0 Å². The fraction of sp³-hybridized carbons (Fsp3) is 0.320. The van der Waals surface area contributed by atoms with Gasteiger partial charge in [-0.1, -0.05) is 50.2 Å². The Bertz CT molecular complexity index is 975. The molecule has 4 nitrogen and oxygen atoms in total. The molecular weight excluding hydrogens is 360 g/mol. The minimum absolute atomic E-state index is 0.0589. The van der Waals surface area contributed by atoms with Crippen LogP contribution < -0.4 is 15.0 Å². The van der Waals surface area contributed by atoms with Gasteiger partial charge in [-0.2, -0.15) is 0 Å². The molecule has 3 aromatic carbocycles. The minimum atomic E-state index is 0.0589. The molecule has 0 aromatic heterocycles. The van der Waals surface area contributed by atoms with Gasteiger partial charge in [-0.3, -0.25) is 4.79 Å². The Labute approximate surface area is 173 Å². The molecule has 0 radical (unpaired) electrons. The fourth-order valence-electron chi connectivity index (χ4n) is 3.78. The number of likely N-dealkylation sites (N-methyl/N-ethyl adjacent to an activating group) is 1. The van der Waals surface area contributed by atoms with E-state index in [9.17, 15) is 4.79 Å².